The molecule has 0 spiro atoms. The van der Waals surface area contributed by atoms with E-state index in [9.17, 15) is 13.2 Å². The van der Waals surface area contributed by atoms with E-state index < -0.39 is 11.7 Å². The minimum absolute atomic E-state index is 0.213. The lowest BCUT2D eigenvalue weighted by Crippen LogP contribution is -2.22. The minimum Gasteiger partial charge on any atom is -0.370 e. The molecule has 0 atom stereocenters. The van der Waals surface area contributed by atoms with Crippen molar-refractivity contribution in [1.82, 2.24) is 0 Å². The van der Waals surface area contributed by atoms with Crippen LogP contribution in [0.4, 0.5) is 18.9 Å². The second-order valence-corrected chi connectivity index (χ2v) is 5.08. The molecule has 0 aliphatic carbocycles. The lowest BCUT2D eigenvalue weighted by Gasteiger charge is -2.08. The summed E-state index contributed by atoms with van der Waals surface area (Å²) in [6, 6.07) is 12.7. The van der Waals surface area contributed by atoms with Gasteiger partial charge in [0.15, 0.2) is 5.96 Å². The molecule has 2 rings (SSSR count). The fourth-order valence-corrected chi connectivity index (χ4v) is 2.03. The molecule has 6 heteroatoms. The van der Waals surface area contributed by atoms with E-state index in [2.05, 4.69) is 17.2 Å². The zero-order valence-electron chi connectivity index (χ0n) is 12.7. The van der Waals surface area contributed by atoms with Crippen molar-refractivity contribution in [1.29, 1.82) is 0 Å². The second-order valence-electron chi connectivity index (χ2n) is 5.08. The number of anilines is 1. The molecule has 2 aromatic rings. The van der Waals surface area contributed by atoms with Crippen LogP contribution in [0, 0.1) is 0 Å². The summed E-state index contributed by atoms with van der Waals surface area (Å²) >= 11 is 0. The summed E-state index contributed by atoms with van der Waals surface area (Å²) in [6.07, 6.45) is -3.41. The summed E-state index contributed by atoms with van der Waals surface area (Å²) in [7, 11) is 0. The van der Waals surface area contributed by atoms with Gasteiger partial charge in [-0.15, -0.1) is 0 Å². The number of guanidine groups is 1. The summed E-state index contributed by atoms with van der Waals surface area (Å²) in [6.45, 7) is 2.27. The van der Waals surface area contributed by atoms with Gasteiger partial charge in [-0.05, 0) is 41.8 Å². The molecule has 0 amide bonds. The van der Waals surface area contributed by atoms with Crippen molar-refractivity contribution in [2.75, 3.05) is 5.32 Å². The average Bonchev–Trinajstić information content (AvgIpc) is 2.52. The number of benzene rings is 2. The van der Waals surface area contributed by atoms with Crippen LogP contribution in [0.5, 0.6) is 0 Å². The van der Waals surface area contributed by atoms with Crippen molar-refractivity contribution < 1.29 is 13.2 Å². The molecule has 0 heterocycles. The first kappa shape index (κ1) is 16.9. The Hall–Kier alpha value is -2.50. The molecule has 0 aliphatic heterocycles. The van der Waals surface area contributed by atoms with Gasteiger partial charge in [0.05, 0.1) is 12.1 Å². The van der Waals surface area contributed by atoms with Gasteiger partial charge in [0.25, 0.3) is 0 Å². The maximum Gasteiger partial charge on any atom is 0.416 e. The monoisotopic (exact) mass is 321 g/mol. The van der Waals surface area contributed by atoms with Crippen LogP contribution in [0.2, 0.25) is 0 Å². The fourth-order valence-electron chi connectivity index (χ4n) is 2.03. The number of halogens is 3. The Labute approximate surface area is 133 Å². The Morgan fingerprint density at radius 2 is 1.78 bits per heavy atom. The zero-order valence-corrected chi connectivity index (χ0v) is 12.7. The van der Waals surface area contributed by atoms with Gasteiger partial charge in [-0.1, -0.05) is 31.2 Å². The molecule has 3 N–H and O–H groups in total. The van der Waals surface area contributed by atoms with E-state index in [0.717, 1.165) is 24.2 Å². The maximum absolute atomic E-state index is 12.5. The van der Waals surface area contributed by atoms with Crippen LogP contribution in [0.15, 0.2) is 53.5 Å². The molecule has 0 radical (unpaired) electrons. The zero-order chi connectivity index (χ0) is 16.9. The van der Waals surface area contributed by atoms with Crippen LogP contribution in [-0.4, -0.2) is 5.96 Å². The lowest BCUT2D eigenvalue weighted by molar-refractivity contribution is -0.137. The van der Waals surface area contributed by atoms with Gasteiger partial charge in [-0.3, -0.25) is 0 Å². The van der Waals surface area contributed by atoms with Crippen LogP contribution < -0.4 is 11.1 Å². The molecule has 0 saturated heterocycles. The van der Waals surface area contributed by atoms with Crippen molar-refractivity contribution in [2.24, 2.45) is 10.7 Å². The van der Waals surface area contributed by atoms with E-state index in [1.807, 2.05) is 24.3 Å². The third-order valence-corrected chi connectivity index (χ3v) is 3.32. The Bertz CT molecular complexity index is 676. The Morgan fingerprint density at radius 1 is 1.09 bits per heavy atom. The highest BCUT2D eigenvalue weighted by Crippen LogP contribution is 2.29. The Kier molecular flexibility index (Phi) is 5.26. The smallest absolute Gasteiger partial charge is 0.370 e. The predicted octanol–water partition coefficient (Wildman–Crippen LogP) is 4.19. The van der Waals surface area contributed by atoms with Crippen molar-refractivity contribution in [3.63, 3.8) is 0 Å². The molecule has 0 bridgehead atoms. The highest BCUT2D eigenvalue weighted by atomic mass is 19.4. The van der Waals surface area contributed by atoms with E-state index >= 15 is 0 Å². The van der Waals surface area contributed by atoms with E-state index in [0.29, 0.717) is 5.56 Å². The number of nitrogens with one attached hydrogen (secondary N) is 1. The van der Waals surface area contributed by atoms with E-state index in [1.54, 1.807) is 0 Å². The normalized spacial score (nSPS) is 12.3. The van der Waals surface area contributed by atoms with Gasteiger partial charge < -0.3 is 11.1 Å². The average molecular weight is 321 g/mol. The molecule has 0 aromatic heterocycles. The number of hydrogen-bond acceptors (Lipinski definition) is 1. The third-order valence-electron chi connectivity index (χ3n) is 3.32. The highest BCUT2D eigenvalue weighted by molar-refractivity contribution is 5.92. The van der Waals surface area contributed by atoms with Gasteiger partial charge in [0.1, 0.15) is 0 Å². The van der Waals surface area contributed by atoms with Gasteiger partial charge in [-0.25, -0.2) is 4.99 Å². The number of nitrogens with zero attached hydrogens (tertiary/aromatic N) is 1. The van der Waals surface area contributed by atoms with Crippen LogP contribution >= 0.6 is 0 Å². The lowest BCUT2D eigenvalue weighted by atomic mass is 10.1. The van der Waals surface area contributed by atoms with Gasteiger partial charge in [0, 0.05) is 5.69 Å². The number of rotatable bonds is 4. The van der Waals surface area contributed by atoms with E-state index in [1.165, 1.54) is 17.7 Å². The summed E-state index contributed by atoms with van der Waals surface area (Å²) in [4.78, 5) is 4.14. The quantitative estimate of drug-likeness (QED) is 0.655. The molecule has 0 saturated carbocycles. The minimum atomic E-state index is -4.33. The van der Waals surface area contributed by atoms with Gasteiger partial charge in [-0.2, -0.15) is 13.2 Å². The molecule has 2 aromatic carbocycles. The largest absolute Gasteiger partial charge is 0.416 e. The molecular weight excluding hydrogens is 303 g/mol. The van der Waals surface area contributed by atoms with E-state index in [4.69, 9.17) is 5.73 Å². The number of nitrogens with two attached hydrogens (primary N) is 1. The van der Waals surface area contributed by atoms with Gasteiger partial charge in [0.2, 0.25) is 0 Å². The molecule has 122 valence electrons. The number of hydrogen-bond donors (Lipinski definition) is 2. The van der Waals surface area contributed by atoms with E-state index in [-0.39, 0.29) is 12.5 Å². The third kappa shape index (κ3) is 5.02. The van der Waals surface area contributed by atoms with Crippen molar-refractivity contribution in [2.45, 2.75) is 26.1 Å². The maximum atomic E-state index is 12.5. The molecule has 0 fully saturated rings. The summed E-state index contributed by atoms with van der Waals surface area (Å²) in [5.74, 6) is 0.221. The van der Waals surface area contributed by atoms with Gasteiger partial charge >= 0.3 is 6.18 Å². The van der Waals surface area contributed by atoms with Crippen LogP contribution in [0.1, 0.15) is 23.6 Å². The van der Waals surface area contributed by atoms with Crippen molar-refractivity contribution >= 4 is 11.6 Å². The topological polar surface area (TPSA) is 50.4 Å². The summed E-state index contributed by atoms with van der Waals surface area (Å²) < 4.78 is 37.4. The number of alkyl halides is 3. The van der Waals surface area contributed by atoms with Crippen molar-refractivity contribution in [3.05, 3.63) is 65.2 Å². The Balaban J connectivity index is 1.99. The van der Waals surface area contributed by atoms with Crippen molar-refractivity contribution in [3.8, 4) is 0 Å². The predicted molar refractivity (Wildman–Crippen MR) is 86.2 cm³/mol. The molecule has 0 unspecified atom stereocenters. The first-order valence-corrected chi connectivity index (χ1v) is 7.20. The second kappa shape index (κ2) is 7.17. The first-order valence-electron chi connectivity index (χ1n) is 7.20. The summed E-state index contributed by atoms with van der Waals surface area (Å²) in [5, 5.41) is 2.97. The van der Waals surface area contributed by atoms with Crippen LogP contribution in [0.3, 0.4) is 0 Å². The molecule has 23 heavy (non-hydrogen) atoms. The first-order chi connectivity index (χ1) is 10.9. The Morgan fingerprint density at radius 3 is 2.39 bits per heavy atom. The summed E-state index contributed by atoms with van der Waals surface area (Å²) in [5.41, 5.74) is 7.79. The standard InChI is InChI=1S/C17H18F3N3/c1-2-12-4-3-5-15(10-12)23-16(21)22-11-13-6-8-14(9-7-13)17(18,19)20/h3-10H,2,11H2,1H3,(H3,21,22,23). The highest BCUT2D eigenvalue weighted by Gasteiger charge is 2.29. The number of aryl methyl sites for hydroxylation is 1. The molecule has 0 aliphatic rings. The molecule has 3 nitrogen and oxygen atoms in total. The SMILES string of the molecule is CCc1cccc(NC(N)=NCc2ccc(C(F)(F)F)cc2)c1. The molecular formula is C17H18F3N3. The fraction of sp³-hybridized carbons (Fsp3) is 0.235. The van der Waals surface area contributed by atoms with Crippen LogP contribution in [0.25, 0.3) is 0 Å². The van der Waals surface area contributed by atoms with Crippen LogP contribution in [-0.2, 0) is 19.1 Å². The number of aliphatic imine (C=N–C) groups is 1.